The van der Waals surface area contributed by atoms with Crippen LogP contribution in [0, 0.1) is 6.92 Å². The van der Waals surface area contributed by atoms with Gasteiger partial charge < -0.3 is 5.32 Å². The van der Waals surface area contributed by atoms with E-state index in [1.165, 1.54) is 12.4 Å². The number of hydrogen-bond acceptors (Lipinski definition) is 4. The van der Waals surface area contributed by atoms with Gasteiger partial charge in [0.1, 0.15) is 27.2 Å². The summed E-state index contributed by atoms with van der Waals surface area (Å²) in [5.41, 5.74) is 1.48. The molecule has 0 bridgehead atoms. The van der Waals surface area contributed by atoms with E-state index in [-0.39, 0.29) is 10.8 Å². The Morgan fingerprint density at radius 3 is 2.65 bits per heavy atom. The summed E-state index contributed by atoms with van der Waals surface area (Å²) in [5.74, 6) is -0.405. The number of nitrogens with zero attached hydrogens (tertiary/aromatic N) is 2. The van der Waals surface area contributed by atoms with E-state index >= 15 is 0 Å². The van der Waals surface area contributed by atoms with E-state index in [0.29, 0.717) is 10.6 Å². The largest absolute Gasteiger partial charge is 0.320 e. The van der Waals surface area contributed by atoms with Crippen LogP contribution in [0.1, 0.15) is 16.1 Å². The number of halogens is 2. The minimum Gasteiger partial charge on any atom is -0.320 e. The number of amides is 1. The molecular weight excluding hydrogens is 321 g/mol. The van der Waals surface area contributed by atoms with Gasteiger partial charge in [-0.1, -0.05) is 11.6 Å². The van der Waals surface area contributed by atoms with Gasteiger partial charge in [0.2, 0.25) is 0 Å². The molecule has 0 aliphatic carbocycles. The minimum absolute atomic E-state index is 0.161. The number of aromatic nitrogens is 2. The molecule has 104 valence electrons. The monoisotopic (exact) mass is 329 g/mol. The average molecular weight is 330 g/mol. The number of aryl methyl sites for hydroxylation is 1. The van der Waals surface area contributed by atoms with Gasteiger partial charge in [-0.25, -0.2) is 14.2 Å². The van der Waals surface area contributed by atoms with Crippen LogP contribution in [-0.4, -0.2) is 20.1 Å². The molecule has 8 heteroatoms. The topological polar surface area (TPSA) is 72.0 Å². The number of rotatable bonds is 3. The van der Waals surface area contributed by atoms with Gasteiger partial charge in [0, 0.05) is 11.8 Å². The Bertz CT molecular complexity index is 694. The molecule has 0 saturated carbocycles. The smallest absolute Gasteiger partial charge is 0.274 e. The van der Waals surface area contributed by atoms with Crippen molar-refractivity contribution in [1.29, 1.82) is 0 Å². The van der Waals surface area contributed by atoms with Crippen LogP contribution in [-0.2, 0) is 10.0 Å². The van der Waals surface area contributed by atoms with E-state index in [1.807, 2.05) is 0 Å². The molecule has 1 amide bonds. The number of anilines is 1. The van der Waals surface area contributed by atoms with Crippen molar-refractivity contribution in [2.24, 2.45) is 0 Å². The van der Waals surface area contributed by atoms with E-state index in [1.54, 1.807) is 25.1 Å². The second-order valence-corrected chi connectivity index (χ2v) is 6.03. The average Bonchev–Trinajstić information content (AvgIpc) is 2.40. The van der Waals surface area contributed by atoms with E-state index in [4.69, 9.17) is 22.3 Å². The van der Waals surface area contributed by atoms with Crippen LogP contribution in [0.4, 0.5) is 5.69 Å². The van der Waals surface area contributed by atoms with Crippen molar-refractivity contribution in [3.05, 3.63) is 47.0 Å². The highest BCUT2D eigenvalue weighted by atomic mass is 35.7. The van der Waals surface area contributed by atoms with Crippen LogP contribution in [0.2, 0.25) is 5.15 Å². The molecule has 1 N–H and O–H groups in total. The zero-order valence-electron chi connectivity index (χ0n) is 10.3. The molecular formula is C12H9Cl2N3O2S. The first-order valence-electron chi connectivity index (χ1n) is 5.45. The minimum atomic E-state index is -1.58. The molecule has 2 aromatic rings. The fourth-order valence-corrected chi connectivity index (χ4v) is 2.40. The highest BCUT2D eigenvalue weighted by molar-refractivity contribution is 8.08. The summed E-state index contributed by atoms with van der Waals surface area (Å²) in [6, 6.07) is 6.23. The summed E-state index contributed by atoms with van der Waals surface area (Å²) >= 11 is 5.70. The van der Waals surface area contributed by atoms with Gasteiger partial charge in [0.25, 0.3) is 5.91 Å². The Morgan fingerprint density at radius 2 is 2.05 bits per heavy atom. The summed E-state index contributed by atoms with van der Waals surface area (Å²) in [5, 5.41) is 2.88. The Kier molecular flexibility index (Phi) is 4.69. The summed E-state index contributed by atoms with van der Waals surface area (Å²) in [4.78, 5) is 20.0. The van der Waals surface area contributed by atoms with Crippen molar-refractivity contribution in [1.82, 2.24) is 9.97 Å². The van der Waals surface area contributed by atoms with Crippen LogP contribution in [0.25, 0.3) is 0 Å². The Labute approximate surface area is 127 Å². The predicted molar refractivity (Wildman–Crippen MR) is 78.4 cm³/mol. The summed E-state index contributed by atoms with van der Waals surface area (Å²) in [6.45, 7) is 1.77. The highest BCUT2D eigenvalue weighted by Crippen LogP contribution is 2.20. The fourth-order valence-electron chi connectivity index (χ4n) is 1.52. The normalized spacial score (nSPS) is 11.9. The predicted octanol–water partition coefficient (Wildman–Crippen LogP) is 2.95. The first-order chi connectivity index (χ1) is 9.47. The SMILES string of the molecule is Cc1cc(S(=O)Cl)ccc1NC(=O)c1cc(Cl)ncn1. The van der Waals surface area contributed by atoms with Crippen LogP contribution >= 0.6 is 22.3 Å². The van der Waals surface area contributed by atoms with Crippen molar-refractivity contribution in [2.75, 3.05) is 5.32 Å². The molecule has 1 unspecified atom stereocenters. The molecule has 1 heterocycles. The lowest BCUT2D eigenvalue weighted by Crippen LogP contribution is -2.14. The van der Waals surface area contributed by atoms with E-state index in [9.17, 15) is 9.00 Å². The Hall–Kier alpha value is -1.50. The van der Waals surface area contributed by atoms with Gasteiger partial charge in [0.05, 0.1) is 4.90 Å². The maximum absolute atomic E-state index is 12.0. The summed E-state index contributed by atoms with van der Waals surface area (Å²) < 4.78 is 11.1. The number of carbonyl (C=O) groups is 1. The summed E-state index contributed by atoms with van der Waals surface area (Å²) in [7, 11) is 3.92. The van der Waals surface area contributed by atoms with Gasteiger partial charge in [-0.3, -0.25) is 4.79 Å². The second-order valence-electron chi connectivity index (χ2n) is 3.88. The quantitative estimate of drug-likeness (QED) is 0.694. The molecule has 20 heavy (non-hydrogen) atoms. The van der Waals surface area contributed by atoms with Crippen molar-refractivity contribution >= 4 is 43.9 Å². The van der Waals surface area contributed by atoms with Crippen molar-refractivity contribution in [3.8, 4) is 0 Å². The van der Waals surface area contributed by atoms with Gasteiger partial charge in [-0.15, -0.1) is 0 Å². The first-order valence-corrected chi connectivity index (χ1v) is 7.80. The van der Waals surface area contributed by atoms with E-state index in [0.717, 1.165) is 5.56 Å². The lowest BCUT2D eigenvalue weighted by Gasteiger charge is -2.08. The van der Waals surface area contributed by atoms with E-state index in [2.05, 4.69) is 15.3 Å². The molecule has 5 nitrogen and oxygen atoms in total. The summed E-state index contributed by atoms with van der Waals surface area (Å²) in [6.07, 6.45) is 1.21. The molecule has 0 spiro atoms. The maximum atomic E-state index is 12.0. The second kappa shape index (κ2) is 6.30. The van der Waals surface area contributed by atoms with Crippen LogP contribution < -0.4 is 5.32 Å². The van der Waals surface area contributed by atoms with Gasteiger partial charge >= 0.3 is 0 Å². The molecule has 1 atom stereocenters. The van der Waals surface area contributed by atoms with Crippen molar-refractivity contribution in [2.45, 2.75) is 11.8 Å². The molecule has 0 fully saturated rings. The van der Waals surface area contributed by atoms with Crippen LogP contribution in [0.3, 0.4) is 0 Å². The number of hydrogen-bond donors (Lipinski definition) is 1. The van der Waals surface area contributed by atoms with Crippen LogP contribution in [0.15, 0.2) is 35.5 Å². The van der Waals surface area contributed by atoms with Gasteiger partial charge in [-0.05, 0) is 41.4 Å². The standard InChI is InChI=1S/C12H9Cl2N3O2S/c1-7-4-8(20(14)19)2-3-9(7)17-12(18)10-5-11(13)16-6-15-10/h2-6H,1H3,(H,17,18). The van der Waals surface area contributed by atoms with Crippen molar-refractivity contribution < 1.29 is 9.00 Å². The number of carbonyl (C=O) groups excluding carboxylic acids is 1. The number of benzene rings is 1. The molecule has 0 aliphatic heterocycles. The highest BCUT2D eigenvalue weighted by Gasteiger charge is 2.11. The Balaban J connectivity index is 2.22. The first kappa shape index (κ1) is 14.9. The third kappa shape index (κ3) is 3.53. The molecule has 0 saturated heterocycles. The third-order valence-electron chi connectivity index (χ3n) is 2.50. The number of nitrogens with one attached hydrogen (secondary N) is 1. The Morgan fingerprint density at radius 1 is 1.30 bits per heavy atom. The zero-order valence-corrected chi connectivity index (χ0v) is 12.6. The lowest BCUT2D eigenvalue weighted by atomic mass is 10.2. The van der Waals surface area contributed by atoms with Gasteiger partial charge in [-0.2, -0.15) is 0 Å². The van der Waals surface area contributed by atoms with E-state index < -0.39 is 15.9 Å². The van der Waals surface area contributed by atoms with Crippen LogP contribution in [0.5, 0.6) is 0 Å². The molecule has 1 aromatic heterocycles. The lowest BCUT2D eigenvalue weighted by molar-refractivity contribution is 0.102. The molecule has 2 rings (SSSR count). The zero-order chi connectivity index (χ0) is 14.7. The molecule has 0 radical (unpaired) electrons. The fraction of sp³-hybridized carbons (Fsp3) is 0.0833. The van der Waals surface area contributed by atoms with Gasteiger partial charge in [0.15, 0.2) is 0 Å². The molecule has 1 aromatic carbocycles. The van der Waals surface area contributed by atoms with Crippen molar-refractivity contribution in [3.63, 3.8) is 0 Å². The molecule has 0 aliphatic rings. The maximum Gasteiger partial charge on any atom is 0.274 e. The third-order valence-corrected chi connectivity index (χ3v) is 3.86.